The Balaban J connectivity index is 1.62. The maximum Gasteiger partial charge on any atom is 0.111 e. The molecule has 1 N–H and O–H groups in total. The summed E-state index contributed by atoms with van der Waals surface area (Å²) in [4.78, 5) is 0. The first-order chi connectivity index (χ1) is 9.59. The van der Waals surface area contributed by atoms with Crippen LogP contribution in [0, 0.1) is 35.0 Å². The van der Waals surface area contributed by atoms with E-state index in [9.17, 15) is 5.11 Å². The number of aliphatic hydroxyl groups is 1. The Kier molecular flexibility index (Phi) is 2.85. The molecule has 0 saturated heterocycles. The Morgan fingerprint density at radius 1 is 1.15 bits per heavy atom. The van der Waals surface area contributed by atoms with E-state index in [0.717, 1.165) is 36.0 Å². The molecule has 3 fully saturated rings. The highest BCUT2D eigenvalue weighted by molar-refractivity contribution is 5.28. The molecule has 0 aromatic heterocycles. The van der Waals surface area contributed by atoms with Crippen molar-refractivity contribution in [1.82, 2.24) is 0 Å². The minimum Gasteiger partial charge on any atom is -0.508 e. The highest BCUT2D eigenvalue weighted by Gasteiger charge is 2.54. The summed E-state index contributed by atoms with van der Waals surface area (Å²) in [6.45, 7) is 5.08. The third-order valence-electron chi connectivity index (χ3n) is 7.64. The first-order valence-corrected chi connectivity index (χ1v) is 8.69. The third-order valence-corrected chi connectivity index (χ3v) is 7.64. The lowest BCUT2D eigenvalue weighted by atomic mass is 9.51. The standard InChI is InChI=1S/C19H28O/c1-12-3-8-18-17-6-4-13-11-14(20)5-7-15(13)16(17)9-10-19(12,18)2/h5,11-12,15-18,20H,3-4,6-10H2,1-2H3/t12?,15?,16?,17?,18?,19-/m1/s1. The van der Waals surface area contributed by atoms with E-state index in [1.807, 2.05) is 0 Å². The van der Waals surface area contributed by atoms with E-state index in [2.05, 4.69) is 26.0 Å². The molecule has 0 spiro atoms. The fourth-order valence-electron chi connectivity index (χ4n) is 6.29. The van der Waals surface area contributed by atoms with Crippen molar-refractivity contribution in [3.63, 3.8) is 0 Å². The van der Waals surface area contributed by atoms with Crippen molar-refractivity contribution < 1.29 is 5.11 Å². The van der Waals surface area contributed by atoms with Gasteiger partial charge in [0.2, 0.25) is 0 Å². The van der Waals surface area contributed by atoms with Gasteiger partial charge in [0.15, 0.2) is 0 Å². The van der Waals surface area contributed by atoms with Gasteiger partial charge >= 0.3 is 0 Å². The van der Waals surface area contributed by atoms with Crippen molar-refractivity contribution in [1.29, 1.82) is 0 Å². The van der Waals surface area contributed by atoms with Crippen LogP contribution in [0.5, 0.6) is 0 Å². The van der Waals surface area contributed by atoms with Crippen molar-refractivity contribution in [3.8, 4) is 0 Å². The molecule has 110 valence electrons. The normalized spacial score (nSPS) is 50.6. The minimum absolute atomic E-state index is 0.518. The average molecular weight is 272 g/mol. The Morgan fingerprint density at radius 2 is 2.00 bits per heavy atom. The number of hydrogen-bond acceptors (Lipinski definition) is 1. The molecule has 4 aliphatic rings. The van der Waals surface area contributed by atoms with Crippen LogP contribution in [0.25, 0.3) is 0 Å². The molecule has 0 heterocycles. The Morgan fingerprint density at radius 3 is 2.85 bits per heavy atom. The zero-order chi connectivity index (χ0) is 13.9. The van der Waals surface area contributed by atoms with Crippen LogP contribution >= 0.6 is 0 Å². The third kappa shape index (κ3) is 1.68. The molecule has 0 bridgehead atoms. The summed E-state index contributed by atoms with van der Waals surface area (Å²) in [7, 11) is 0. The van der Waals surface area contributed by atoms with E-state index >= 15 is 0 Å². The maximum absolute atomic E-state index is 9.75. The molecule has 20 heavy (non-hydrogen) atoms. The first kappa shape index (κ1) is 13.0. The number of allylic oxidation sites excluding steroid dienone is 3. The van der Waals surface area contributed by atoms with E-state index in [1.54, 1.807) is 5.57 Å². The largest absolute Gasteiger partial charge is 0.508 e. The van der Waals surface area contributed by atoms with Crippen molar-refractivity contribution >= 4 is 0 Å². The summed E-state index contributed by atoms with van der Waals surface area (Å²) in [6.07, 6.45) is 13.7. The van der Waals surface area contributed by atoms with Gasteiger partial charge in [-0.2, -0.15) is 0 Å². The van der Waals surface area contributed by atoms with Crippen molar-refractivity contribution in [2.24, 2.45) is 35.0 Å². The van der Waals surface area contributed by atoms with E-state index in [1.165, 1.54) is 38.5 Å². The number of hydrogen-bond donors (Lipinski definition) is 1. The van der Waals surface area contributed by atoms with Gasteiger partial charge in [-0.3, -0.25) is 0 Å². The van der Waals surface area contributed by atoms with Gasteiger partial charge in [0, 0.05) is 0 Å². The van der Waals surface area contributed by atoms with E-state index in [0.29, 0.717) is 11.2 Å². The monoisotopic (exact) mass is 272 g/mol. The van der Waals surface area contributed by atoms with Crippen LogP contribution in [-0.2, 0) is 0 Å². The highest BCUT2D eigenvalue weighted by Crippen LogP contribution is 2.63. The van der Waals surface area contributed by atoms with Crippen molar-refractivity contribution in [2.75, 3.05) is 0 Å². The van der Waals surface area contributed by atoms with Crippen LogP contribution in [0.3, 0.4) is 0 Å². The van der Waals surface area contributed by atoms with Crippen LogP contribution in [-0.4, -0.2) is 5.11 Å². The van der Waals surface area contributed by atoms with Crippen LogP contribution in [0.15, 0.2) is 23.5 Å². The fraction of sp³-hybridized carbons (Fsp3) is 0.789. The molecule has 0 amide bonds. The lowest BCUT2D eigenvalue weighted by Gasteiger charge is -2.53. The van der Waals surface area contributed by atoms with Gasteiger partial charge in [0.25, 0.3) is 0 Å². The first-order valence-electron chi connectivity index (χ1n) is 8.69. The molecular formula is C19H28O. The van der Waals surface area contributed by atoms with Crippen LogP contribution in [0.4, 0.5) is 0 Å². The quantitative estimate of drug-likeness (QED) is 0.638. The molecular weight excluding hydrogens is 244 g/mol. The minimum atomic E-state index is 0.518. The molecule has 4 aliphatic carbocycles. The zero-order valence-electron chi connectivity index (χ0n) is 12.9. The number of fused-ring (bicyclic) bond motifs is 5. The maximum atomic E-state index is 9.75. The average Bonchev–Trinajstić information content (AvgIpc) is 2.74. The summed E-state index contributed by atoms with van der Waals surface area (Å²) in [5.74, 6) is 5.06. The second-order valence-electron chi connectivity index (χ2n) is 8.19. The molecule has 0 aromatic carbocycles. The van der Waals surface area contributed by atoms with Crippen LogP contribution in [0.2, 0.25) is 0 Å². The van der Waals surface area contributed by atoms with Gasteiger partial charge in [-0.05, 0) is 92.1 Å². The summed E-state index contributed by atoms with van der Waals surface area (Å²) in [5.41, 5.74) is 2.19. The topological polar surface area (TPSA) is 20.2 Å². The predicted molar refractivity (Wildman–Crippen MR) is 82.3 cm³/mol. The van der Waals surface area contributed by atoms with Gasteiger partial charge < -0.3 is 5.11 Å². The van der Waals surface area contributed by atoms with E-state index in [-0.39, 0.29) is 0 Å². The van der Waals surface area contributed by atoms with Crippen molar-refractivity contribution in [2.45, 2.75) is 58.8 Å². The van der Waals surface area contributed by atoms with Crippen molar-refractivity contribution in [3.05, 3.63) is 23.5 Å². The second kappa shape index (κ2) is 4.39. The lowest BCUT2D eigenvalue weighted by Crippen LogP contribution is -2.45. The molecule has 0 radical (unpaired) electrons. The molecule has 1 heteroatoms. The summed E-state index contributed by atoms with van der Waals surface area (Å²) < 4.78 is 0. The summed E-state index contributed by atoms with van der Waals surface area (Å²) in [5, 5.41) is 9.75. The van der Waals surface area contributed by atoms with Crippen LogP contribution in [0.1, 0.15) is 58.8 Å². The summed E-state index contributed by atoms with van der Waals surface area (Å²) in [6, 6.07) is 0. The Labute approximate surface area is 123 Å². The molecule has 1 nitrogen and oxygen atoms in total. The van der Waals surface area contributed by atoms with Gasteiger partial charge in [-0.15, -0.1) is 0 Å². The second-order valence-corrected chi connectivity index (χ2v) is 8.19. The Hall–Kier alpha value is -0.720. The Bertz CT molecular complexity index is 474. The highest BCUT2D eigenvalue weighted by atomic mass is 16.3. The number of aliphatic hydroxyl groups excluding tert-OH is 1. The SMILES string of the molecule is CC1CCC2C3CCC4=CC(O)=CCC4C3CC[C@]12C. The van der Waals surface area contributed by atoms with E-state index in [4.69, 9.17) is 0 Å². The lowest BCUT2D eigenvalue weighted by molar-refractivity contribution is -0.0155. The summed E-state index contributed by atoms with van der Waals surface area (Å²) >= 11 is 0. The molecule has 6 atom stereocenters. The molecule has 0 aromatic rings. The van der Waals surface area contributed by atoms with Gasteiger partial charge in [-0.25, -0.2) is 0 Å². The molecule has 0 aliphatic heterocycles. The molecule has 3 saturated carbocycles. The van der Waals surface area contributed by atoms with Gasteiger partial charge in [-0.1, -0.05) is 19.4 Å². The van der Waals surface area contributed by atoms with Crippen LogP contribution < -0.4 is 0 Å². The van der Waals surface area contributed by atoms with Gasteiger partial charge in [0.1, 0.15) is 5.76 Å². The molecule has 5 unspecified atom stereocenters. The predicted octanol–water partition coefficient (Wildman–Crippen LogP) is 5.25. The molecule has 4 rings (SSSR count). The zero-order valence-corrected chi connectivity index (χ0v) is 12.9. The van der Waals surface area contributed by atoms with Gasteiger partial charge in [0.05, 0.1) is 0 Å². The number of rotatable bonds is 0. The smallest absolute Gasteiger partial charge is 0.111 e. The van der Waals surface area contributed by atoms with E-state index < -0.39 is 0 Å². The fourth-order valence-corrected chi connectivity index (χ4v) is 6.29.